The smallest absolute Gasteiger partial charge is 0.251 e. The van der Waals surface area contributed by atoms with Crippen LogP contribution in [-0.2, 0) is 5.75 Å². The first kappa shape index (κ1) is 14.3. The largest absolute Gasteiger partial charge is 0.355 e. The van der Waals surface area contributed by atoms with Crippen molar-refractivity contribution in [3.63, 3.8) is 0 Å². The summed E-state index contributed by atoms with van der Waals surface area (Å²) in [4.78, 5) is 20.4. The lowest BCUT2D eigenvalue weighted by Gasteiger charge is -2.04. The van der Waals surface area contributed by atoms with Crippen LogP contribution >= 0.6 is 27.7 Å². The molecule has 4 nitrogen and oxygen atoms in total. The second-order valence-corrected chi connectivity index (χ2v) is 6.50. The number of hydrogen-bond acceptors (Lipinski definition) is 4. The van der Waals surface area contributed by atoms with E-state index in [1.165, 1.54) is 16.2 Å². The van der Waals surface area contributed by atoms with E-state index in [0.717, 1.165) is 21.4 Å². The molecule has 0 atom stereocenters. The van der Waals surface area contributed by atoms with Crippen LogP contribution < -0.4 is 5.69 Å². The number of aromatic nitrogens is 3. The Bertz CT molecular complexity index is 846. The van der Waals surface area contributed by atoms with Crippen LogP contribution in [0.3, 0.4) is 0 Å². The maximum absolute atomic E-state index is 12.0. The number of fused-ring (bicyclic) bond motifs is 1. The summed E-state index contributed by atoms with van der Waals surface area (Å²) in [6, 6.07) is 11.8. The Hall–Kier alpha value is -1.66. The molecule has 1 aromatic carbocycles. The van der Waals surface area contributed by atoms with Gasteiger partial charge in [0.1, 0.15) is 5.65 Å². The normalized spacial score (nSPS) is 11.0. The molecule has 0 spiro atoms. The zero-order chi connectivity index (χ0) is 14.8. The van der Waals surface area contributed by atoms with E-state index in [0.29, 0.717) is 10.8 Å². The average Bonchev–Trinajstić information content (AvgIpc) is 2.47. The van der Waals surface area contributed by atoms with Gasteiger partial charge in [0.05, 0.1) is 0 Å². The van der Waals surface area contributed by atoms with Crippen molar-refractivity contribution >= 4 is 33.3 Å². The van der Waals surface area contributed by atoms with E-state index in [2.05, 4.69) is 25.9 Å². The van der Waals surface area contributed by atoms with Gasteiger partial charge in [-0.25, -0.2) is 9.78 Å². The maximum atomic E-state index is 12.0. The summed E-state index contributed by atoms with van der Waals surface area (Å²) < 4.78 is 2.52. The lowest BCUT2D eigenvalue weighted by atomic mass is 10.2. The first-order chi connectivity index (χ1) is 10.1. The van der Waals surface area contributed by atoms with Gasteiger partial charge in [0.2, 0.25) is 0 Å². The maximum Gasteiger partial charge on any atom is 0.355 e. The van der Waals surface area contributed by atoms with Crippen LogP contribution in [-0.4, -0.2) is 14.4 Å². The molecule has 6 heteroatoms. The zero-order valence-electron chi connectivity index (χ0n) is 11.3. The Balaban J connectivity index is 1.86. The minimum absolute atomic E-state index is 0.290. The summed E-state index contributed by atoms with van der Waals surface area (Å²) in [6.45, 7) is 1.93. The lowest BCUT2D eigenvalue weighted by Crippen LogP contribution is -2.19. The van der Waals surface area contributed by atoms with Crippen molar-refractivity contribution in [2.45, 2.75) is 17.8 Å². The molecule has 0 unspecified atom stereocenters. The minimum Gasteiger partial charge on any atom is -0.251 e. The molecule has 2 heterocycles. The molecule has 0 aliphatic rings. The van der Waals surface area contributed by atoms with Crippen molar-refractivity contribution in [3.05, 3.63) is 68.7 Å². The predicted octanol–water partition coefficient (Wildman–Crippen LogP) is 3.45. The zero-order valence-corrected chi connectivity index (χ0v) is 13.7. The van der Waals surface area contributed by atoms with Gasteiger partial charge in [0.25, 0.3) is 0 Å². The number of thioether (sulfide) groups is 1. The van der Waals surface area contributed by atoms with E-state index in [1.807, 2.05) is 43.3 Å². The van der Waals surface area contributed by atoms with Gasteiger partial charge >= 0.3 is 5.69 Å². The van der Waals surface area contributed by atoms with Crippen molar-refractivity contribution in [1.29, 1.82) is 0 Å². The Morgan fingerprint density at radius 3 is 2.67 bits per heavy atom. The Morgan fingerprint density at radius 2 is 1.90 bits per heavy atom. The molecular formula is C15H12BrN3OS. The minimum atomic E-state index is -0.290. The Kier molecular flexibility index (Phi) is 4.07. The van der Waals surface area contributed by atoms with Gasteiger partial charge in [0.15, 0.2) is 5.16 Å². The van der Waals surface area contributed by atoms with Gasteiger partial charge in [-0.3, -0.25) is 4.40 Å². The molecule has 0 aliphatic carbocycles. The SMILES string of the molecule is Cc1ccc2nc(SCc3ccc(Br)cc3)nc(=O)n2c1. The van der Waals surface area contributed by atoms with Gasteiger partial charge in [0, 0.05) is 16.4 Å². The molecule has 2 aromatic heterocycles. The molecule has 0 radical (unpaired) electrons. The van der Waals surface area contributed by atoms with Crippen molar-refractivity contribution in [2.75, 3.05) is 0 Å². The highest BCUT2D eigenvalue weighted by molar-refractivity contribution is 9.10. The van der Waals surface area contributed by atoms with Crippen LogP contribution in [0.5, 0.6) is 0 Å². The molecule has 0 aliphatic heterocycles. The topological polar surface area (TPSA) is 47.3 Å². The fourth-order valence-electron chi connectivity index (χ4n) is 1.90. The van der Waals surface area contributed by atoms with Crippen molar-refractivity contribution in [1.82, 2.24) is 14.4 Å². The van der Waals surface area contributed by atoms with Crippen LogP contribution in [0.4, 0.5) is 0 Å². The summed E-state index contributed by atoms with van der Waals surface area (Å²) in [7, 11) is 0. The Labute approximate surface area is 134 Å². The number of nitrogens with zero attached hydrogens (tertiary/aromatic N) is 3. The molecule has 21 heavy (non-hydrogen) atoms. The predicted molar refractivity (Wildman–Crippen MR) is 87.7 cm³/mol. The number of pyridine rings is 1. The standard InChI is InChI=1S/C15H12BrN3OS/c1-10-2-7-13-17-14(18-15(20)19(13)8-10)21-9-11-3-5-12(16)6-4-11/h2-8H,9H2,1H3. The first-order valence-corrected chi connectivity index (χ1v) is 8.14. The summed E-state index contributed by atoms with van der Waals surface area (Å²) >= 11 is 4.87. The molecule has 0 saturated carbocycles. The monoisotopic (exact) mass is 361 g/mol. The molecule has 0 fully saturated rings. The third-order valence-corrected chi connectivity index (χ3v) is 4.41. The number of aryl methyl sites for hydroxylation is 1. The highest BCUT2D eigenvalue weighted by Gasteiger charge is 2.05. The van der Waals surface area contributed by atoms with Crippen LogP contribution in [0.2, 0.25) is 0 Å². The summed E-state index contributed by atoms with van der Waals surface area (Å²) in [5.41, 5.74) is 2.50. The molecule has 0 bridgehead atoms. The molecule has 0 N–H and O–H groups in total. The van der Waals surface area contributed by atoms with Gasteiger partial charge in [-0.1, -0.05) is 45.9 Å². The Morgan fingerprint density at radius 1 is 1.14 bits per heavy atom. The lowest BCUT2D eigenvalue weighted by molar-refractivity contribution is 0.843. The second kappa shape index (κ2) is 5.99. The molecule has 106 valence electrons. The van der Waals surface area contributed by atoms with E-state index < -0.39 is 0 Å². The molecule has 3 rings (SSSR count). The molecular weight excluding hydrogens is 350 g/mol. The van der Waals surface area contributed by atoms with Crippen LogP contribution in [0.15, 0.2) is 57.0 Å². The first-order valence-electron chi connectivity index (χ1n) is 6.36. The van der Waals surface area contributed by atoms with E-state index >= 15 is 0 Å². The summed E-state index contributed by atoms with van der Waals surface area (Å²) in [6.07, 6.45) is 1.75. The highest BCUT2D eigenvalue weighted by Crippen LogP contribution is 2.20. The third-order valence-electron chi connectivity index (χ3n) is 2.96. The van der Waals surface area contributed by atoms with Gasteiger partial charge < -0.3 is 0 Å². The number of rotatable bonds is 3. The average molecular weight is 362 g/mol. The quantitative estimate of drug-likeness (QED) is 0.670. The van der Waals surface area contributed by atoms with E-state index in [4.69, 9.17) is 0 Å². The fourth-order valence-corrected chi connectivity index (χ4v) is 2.95. The van der Waals surface area contributed by atoms with Crippen molar-refractivity contribution in [3.8, 4) is 0 Å². The van der Waals surface area contributed by atoms with Gasteiger partial charge in [-0.15, -0.1) is 0 Å². The third kappa shape index (κ3) is 3.33. The van der Waals surface area contributed by atoms with Gasteiger partial charge in [-0.2, -0.15) is 4.98 Å². The summed E-state index contributed by atoms with van der Waals surface area (Å²) in [5.74, 6) is 0.731. The van der Waals surface area contributed by atoms with Gasteiger partial charge in [-0.05, 0) is 36.2 Å². The van der Waals surface area contributed by atoms with Crippen LogP contribution in [0.1, 0.15) is 11.1 Å². The molecule has 0 saturated heterocycles. The molecule has 3 aromatic rings. The van der Waals surface area contributed by atoms with Crippen molar-refractivity contribution < 1.29 is 0 Å². The number of halogens is 1. The van der Waals surface area contributed by atoms with E-state index in [1.54, 1.807) is 6.20 Å². The number of benzene rings is 1. The van der Waals surface area contributed by atoms with E-state index in [-0.39, 0.29) is 5.69 Å². The second-order valence-electron chi connectivity index (χ2n) is 4.64. The van der Waals surface area contributed by atoms with Crippen LogP contribution in [0.25, 0.3) is 5.65 Å². The fraction of sp³-hybridized carbons (Fsp3) is 0.133. The molecule has 0 amide bonds. The summed E-state index contributed by atoms with van der Waals surface area (Å²) in [5, 5.41) is 0.506. The van der Waals surface area contributed by atoms with Crippen LogP contribution in [0, 0.1) is 6.92 Å². The number of hydrogen-bond donors (Lipinski definition) is 0. The van der Waals surface area contributed by atoms with Crippen molar-refractivity contribution in [2.24, 2.45) is 0 Å². The van der Waals surface area contributed by atoms with E-state index in [9.17, 15) is 4.79 Å². The highest BCUT2D eigenvalue weighted by atomic mass is 79.9.